The van der Waals surface area contributed by atoms with Gasteiger partial charge in [0.15, 0.2) is 0 Å². The van der Waals surface area contributed by atoms with Gasteiger partial charge in [0.1, 0.15) is 6.07 Å². The molecule has 0 bridgehead atoms. The van der Waals surface area contributed by atoms with Crippen LogP contribution >= 0.6 is 0 Å². The van der Waals surface area contributed by atoms with E-state index >= 15 is 0 Å². The average molecular weight is 394 g/mol. The summed E-state index contributed by atoms with van der Waals surface area (Å²) in [7, 11) is 0. The van der Waals surface area contributed by atoms with Gasteiger partial charge in [-0.15, -0.1) is 0 Å². The van der Waals surface area contributed by atoms with E-state index in [1.807, 2.05) is 0 Å². The summed E-state index contributed by atoms with van der Waals surface area (Å²) in [5, 5.41) is 9.66. The molecule has 1 aliphatic heterocycles. The number of rotatable bonds is 3. The molecule has 142 valence electrons. The van der Waals surface area contributed by atoms with E-state index < -0.39 is 29.1 Å². The third-order valence-electron chi connectivity index (χ3n) is 4.50. The lowest BCUT2D eigenvalue weighted by Gasteiger charge is -2.30. The molecule has 3 aliphatic rings. The maximum Gasteiger partial charge on any atom is 0.416 e. The molecule has 0 radical (unpaired) electrons. The Labute approximate surface area is 156 Å². The Kier molecular flexibility index (Phi) is 5.13. The number of likely N-dealkylation sites (N-methyl/N-ethyl adjacent to an activating group) is 1. The van der Waals surface area contributed by atoms with E-state index in [-0.39, 0.29) is 0 Å². The minimum Gasteiger partial charge on any atom is -0.755 e. The first-order valence-corrected chi connectivity index (χ1v) is 9.19. The monoisotopic (exact) mass is 394 g/mol. The van der Waals surface area contributed by atoms with Crippen LogP contribution in [0.4, 0.5) is 13.2 Å². The number of nitrogens with zero attached hydrogens (tertiary/aromatic N) is 2. The van der Waals surface area contributed by atoms with E-state index in [9.17, 15) is 27.2 Å². The van der Waals surface area contributed by atoms with Crippen LogP contribution < -0.4 is 4.72 Å². The summed E-state index contributed by atoms with van der Waals surface area (Å²) in [6, 6.07) is 1.42. The Balaban J connectivity index is 2.12. The van der Waals surface area contributed by atoms with E-state index in [1.165, 1.54) is 6.08 Å². The van der Waals surface area contributed by atoms with Crippen molar-refractivity contribution in [2.75, 3.05) is 6.54 Å². The number of nitrogens with one attached hydrogen (secondary N) is 1. The minimum atomic E-state index is -4.47. The fourth-order valence-corrected chi connectivity index (χ4v) is 3.76. The number of alkyl halides is 3. The van der Waals surface area contributed by atoms with Crippen molar-refractivity contribution in [3.8, 4) is 6.07 Å². The first kappa shape index (κ1) is 19.2. The van der Waals surface area contributed by atoms with Crippen LogP contribution in [-0.2, 0) is 11.3 Å². The molecule has 2 unspecified atom stereocenters. The second kappa shape index (κ2) is 7.21. The Morgan fingerprint density at radius 2 is 2.15 bits per heavy atom. The topological polar surface area (TPSA) is 79.2 Å². The van der Waals surface area contributed by atoms with E-state index in [2.05, 4.69) is 10.8 Å². The molecule has 0 aromatic heterocycles. The summed E-state index contributed by atoms with van der Waals surface area (Å²) in [6.45, 7) is 2.19. The molecular weight excluding hydrogens is 379 g/mol. The zero-order chi connectivity index (χ0) is 19.8. The third-order valence-corrected chi connectivity index (χ3v) is 4.90. The molecule has 0 saturated heterocycles. The van der Waals surface area contributed by atoms with Crippen molar-refractivity contribution < 1.29 is 21.9 Å². The first-order chi connectivity index (χ1) is 12.8. The molecule has 3 rings (SSSR count). The smallest absolute Gasteiger partial charge is 0.416 e. The van der Waals surface area contributed by atoms with Crippen LogP contribution in [0.2, 0.25) is 0 Å². The third kappa shape index (κ3) is 3.63. The largest absolute Gasteiger partial charge is 0.755 e. The summed E-state index contributed by atoms with van der Waals surface area (Å²) < 4.78 is 63.4. The van der Waals surface area contributed by atoms with Crippen molar-refractivity contribution in [2.24, 2.45) is 0 Å². The lowest BCUT2D eigenvalue weighted by molar-refractivity contribution is -0.0887. The molecule has 0 amide bonds. The maximum atomic E-state index is 13.1. The van der Waals surface area contributed by atoms with Gasteiger partial charge in [0.25, 0.3) is 0 Å². The van der Waals surface area contributed by atoms with Gasteiger partial charge in [0.05, 0.1) is 22.9 Å². The molecule has 5 nitrogen and oxygen atoms in total. The number of fused-ring (bicyclic) bond motifs is 1. The lowest BCUT2D eigenvalue weighted by Crippen LogP contribution is -2.32. The quantitative estimate of drug-likeness (QED) is 0.747. The number of allylic oxidation sites excluding steroid dienone is 7. The minimum absolute atomic E-state index is 0.305. The zero-order valence-corrected chi connectivity index (χ0v) is 15.0. The molecule has 0 spiro atoms. The summed E-state index contributed by atoms with van der Waals surface area (Å²) in [5.74, 6) is 0. The lowest BCUT2D eigenvalue weighted by atomic mass is 9.95. The molecule has 0 fully saturated rings. The second-order valence-corrected chi connectivity index (χ2v) is 6.72. The van der Waals surface area contributed by atoms with Gasteiger partial charge >= 0.3 is 6.18 Å². The molecule has 2 aliphatic carbocycles. The van der Waals surface area contributed by atoms with Crippen molar-refractivity contribution in [2.45, 2.75) is 25.6 Å². The summed E-state index contributed by atoms with van der Waals surface area (Å²) >= 11 is -2.50. The van der Waals surface area contributed by atoms with Crippen LogP contribution in [0, 0.1) is 11.3 Å². The van der Waals surface area contributed by atoms with Gasteiger partial charge in [-0.05, 0) is 48.8 Å². The van der Waals surface area contributed by atoms with Crippen molar-refractivity contribution in [3.63, 3.8) is 0 Å². The number of halogens is 3. The Bertz CT molecular complexity index is 917. The van der Waals surface area contributed by atoms with Crippen molar-refractivity contribution in [1.29, 1.82) is 5.26 Å². The van der Waals surface area contributed by atoms with E-state index in [0.717, 1.165) is 12.2 Å². The van der Waals surface area contributed by atoms with Gasteiger partial charge in [-0.1, -0.05) is 12.2 Å². The van der Waals surface area contributed by atoms with Crippen LogP contribution in [0.25, 0.3) is 0 Å². The number of nitriles is 1. The average Bonchev–Trinajstić information content (AvgIpc) is 2.93. The first-order valence-electron chi connectivity index (χ1n) is 8.12. The molecule has 9 heteroatoms. The predicted octanol–water partition coefficient (Wildman–Crippen LogP) is 3.05. The van der Waals surface area contributed by atoms with Gasteiger partial charge in [-0.3, -0.25) is 4.21 Å². The highest BCUT2D eigenvalue weighted by molar-refractivity contribution is 7.77. The fraction of sp³-hybridized carbons (Fsp3) is 0.278. The molecule has 1 heterocycles. The fourth-order valence-electron chi connectivity index (χ4n) is 3.44. The number of hydrogen-bond acceptors (Lipinski definition) is 4. The van der Waals surface area contributed by atoms with Gasteiger partial charge in [-0.25, -0.2) is 0 Å². The van der Waals surface area contributed by atoms with Crippen molar-refractivity contribution >= 4 is 11.3 Å². The Morgan fingerprint density at radius 3 is 2.74 bits per heavy atom. The molecular formula is C18H15F3N3O2S-. The van der Waals surface area contributed by atoms with E-state index in [1.54, 1.807) is 30.1 Å². The Morgan fingerprint density at radius 1 is 1.41 bits per heavy atom. The summed E-state index contributed by atoms with van der Waals surface area (Å²) in [5.41, 5.74) is 1.60. The van der Waals surface area contributed by atoms with Crippen molar-refractivity contribution in [3.05, 3.63) is 70.1 Å². The highest BCUT2D eigenvalue weighted by Crippen LogP contribution is 2.42. The van der Waals surface area contributed by atoms with Crippen LogP contribution in [-0.4, -0.2) is 32.4 Å². The highest BCUT2D eigenvalue weighted by atomic mass is 32.2. The molecule has 27 heavy (non-hydrogen) atoms. The molecule has 0 saturated carbocycles. The van der Waals surface area contributed by atoms with Crippen LogP contribution in [0.15, 0.2) is 70.1 Å². The Hall–Kier alpha value is -2.57. The van der Waals surface area contributed by atoms with Crippen LogP contribution in [0.3, 0.4) is 0 Å². The van der Waals surface area contributed by atoms with Gasteiger partial charge in [0, 0.05) is 23.5 Å². The molecule has 1 N–H and O–H groups in total. The van der Waals surface area contributed by atoms with Crippen LogP contribution in [0.5, 0.6) is 0 Å². The van der Waals surface area contributed by atoms with E-state index in [0.29, 0.717) is 41.1 Å². The van der Waals surface area contributed by atoms with Crippen molar-refractivity contribution in [1.82, 2.24) is 9.62 Å². The van der Waals surface area contributed by atoms with Gasteiger partial charge < -0.3 is 14.2 Å². The highest BCUT2D eigenvalue weighted by Gasteiger charge is 2.40. The van der Waals surface area contributed by atoms with E-state index in [4.69, 9.17) is 0 Å². The predicted molar refractivity (Wildman–Crippen MR) is 93.0 cm³/mol. The maximum absolute atomic E-state index is 13.1. The standard InChI is InChI=1S/C18H16F3N3O2S/c1-2-24-16-9-12(18(19,20)21)6-7-14(16)15(10-22)17(24)11-4-3-5-13(8-11)23-27(25)26/h3,5-9,16,23H,2,4H2,1H3,(H,25,26)/p-1. The number of hydrogen-bond donors (Lipinski definition) is 1. The molecule has 0 aromatic carbocycles. The SMILES string of the molecule is CCN1C(=C2C=C(NS(=O)[O-])C=CC2)C(C#N)=C2C=CC(C(F)(F)F)=CC21. The summed E-state index contributed by atoms with van der Waals surface area (Å²) in [6.07, 6.45) is 4.35. The molecule has 0 aromatic rings. The zero-order valence-electron chi connectivity index (χ0n) is 14.2. The second-order valence-electron chi connectivity index (χ2n) is 6.04. The molecule has 2 atom stereocenters. The van der Waals surface area contributed by atoms with Gasteiger partial charge in [-0.2, -0.15) is 18.4 Å². The summed E-state index contributed by atoms with van der Waals surface area (Å²) in [4.78, 5) is 1.74. The normalized spacial score (nSPS) is 25.8. The van der Waals surface area contributed by atoms with Crippen LogP contribution in [0.1, 0.15) is 13.3 Å². The van der Waals surface area contributed by atoms with Gasteiger partial charge in [0.2, 0.25) is 0 Å².